The van der Waals surface area contributed by atoms with Crippen LogP contribution in [0.1, 0.15) is 18.9 Å². The van der Waals surface area contributed by atoms with E-state index in [9.17, 15) is 5.11 Å². The first kappa shape index (κ1) is 16.0. The number of ether oxygens (including phenoxy) is 1. The second-order valence-electron chi connectivity index (χ2n) is 4.43. The van der Waals surface area contributed by atoms with Crippen molar-refractivity contribution in [3.63, 3.8) is 0 Å². The monoisotopic (exact) mass is 325 g/mol. The highest BCUT2D eigenvalue weighted by molar-refractivity contribution is 9.10. The van der Waals surface area contributed by atoms with Crippen LogP contribution in [0.5, 0.6) is 5.75 Å². The second kappa shape index (κ2) is 8.21. The minimum absolute atomic E-state index is 0.000705. The number of aliphatic hydroxyl groups excluding tert-OH is 1. The van der Waals surface area contributed by atoms with E-state index in [1.807, 2.05) is 32.0 Å². The molecular weight excluding hydrogens is 306 g/mol. The molecule has 0 aliphatic rings. The lowest BCUT2D eigenvalue weighted by Gasteiger charge is -2.16. The van der Waals surface area contributed by atoms with Crippen LogP contribution in [0.15, 0.2) is 22.7 Å². The van der Waals surface area contributed by atoms with E-state index in [0.29, 0.717) is 6.54 Å². The molecular formula is C15H20BrNO2. The topological polar surface area (TPSA) is 41.5 Å². The van der Waals surface area contributed by atoms with Gasteiger partial charge in [-0.3, -0.25) is 0 Å². The quantitative estimate of drug-likeness (QED) is 0.757. The molecule has 1 aromatic rings. The highest BCUT2D eigenvalue weighted by Gasteiger charge is 2.09. The summed E-state index contributed by atoms with van der Waals surface area (Å²) >= 11 is 3.43. The first-order valence-electron chi connectivity index (χ1n) is 6.33. The normalized spacial score (nSPS) is 13.6. The van der Waals surface area contributed by atoms with Gasteiger partial charge in [-0.05, 0) is 47.0 Å². The van der Waals surface area contributed by atoms with Crippen LogP contribution in [0.4, 0.5) is 0 Å². The van der Waals surface area contributed by atoms with E-state index in [1.54, 1.807) is 0 Å². The number of hydrogen-bond donors (Lipinski definition) is 2. The van der Waals surface area contributed by atoms with Crippen LogP contribution in [-0.2, 0) is 0 Å². The van der Waals surface area contributed by atoms with Gasteiger partial charge in [0.05, 0.1) is 10.5 Å². The minimum Gasteiger partial charge on any atom is -0.490 e. The lowest BCUT2D eigenvalue weighted by molar-refractivity contribution is 0.104. The van der Waals surface area contributed by atoms with Crippen LogP contribution in [-0.4, -0.2) is 30.4 Å². The average molecular weight is 326 g/mol. The predicted molar refractivity (Wildman–Crippen MR) is 81.3 cm³/mol. The standard InChI is InChI=1S/C15H20BrNO2/c1-4-12(5-2)17-9-13(18)10-19-15-7-6-11(3)8-14(15)16/h1,6-8,12-13,17-18H,5,9-10H2,2-3H3. The van der Waals surface area contributed by atoms with E-state index in [1.165, 1.54) is 0 Å². The van der Waals surface area contributed by atoms with E-state index in [4.69, 9.17) is 11.2 Å². The third-order valence-electron chi connectivity index (χ3n) is 2.73. The number of aliphatic hydroxyl groups is 1. The Morgan fingerprint density at radius 1 is 1.53 bits per heavy atom. The zero-order valence-corrected chi connectivity index (χ0v) is 12.9. The maximum absolute atomic E-state index is 9.82. The summed E-state index contributed by atoms with van der Waals surface area (Å²) in [4.78, 5) is 0. The van der Waals surface area contributed by atoms with Crippen LogP contribution in [0.25, 0.3) is 0 Å². The summed E-state index contributed by atoms with van der Waals surface area (Å²) in [5.74, 6) is 3.36. The van der Waals surface area contributed by atoms with Crippen molar-refractivity contribution in [1.82, 2.24) is 5.32 Å². The fraction of sp³-hybridized carbons (Fsp3) is 0.467. The number of hydrogen-bond acceptors (Lipinski definition) is 3. The van der Waals surface area contributed by atoms with Gasteiger partial charge in [-0.15, -0.1) is 6.42 Å². The Hall–Kier alpha value is -1.02. The Balaban J connectivity index is 2.38. The van der Waals surface area contributed by atoms with Crippen molar-refractivity contribution in [2.45, 2.75) is 32.4 Å². The van der Waals surface area contributed by atoms with Crippen molar-refractivity contribution >= 4 is 15.9 Å². The Morgan fingerprint density at radius 2 is 2.26 bits per heavy atom. The molecule has 0 bridgehead atoms. The predicted octanol–water partition coefficient (Wildman–Crippen LogP) is 2.50. The van der Waals surface area contributed by atoms with Crippen molar-refractivity contribution < 1.29 is 9.84 Å². The molecule has 0 aromatic heterocycles. The third kappa shape index (κ3) is 5.65. The van der Waals surface area contributed by atoms with Crippen LogP contribution in [0, 0.1) is 19.3 Å². The lowest BCUT2D eigenvalue weighted by atomic mass is 10.2. The second-order valence-corrected chi connectivity index (χ2v) is 5.29. The van der Waals surface area contributed by atoms with Crippen molar-refractivity contribution in [2.75, 3.05) is 13.2 Å². The molecule has 1 rings (SSSR count). The largest absolute Gasteiger partial charge is 0.490 e. The van der Waals surface area contributed by atoms with Gasteiger partial charge in [0.25, 0.3) is 0 Å². The molecule has 104 valence electrons. The molecule has 2 unspecified atom stereocenters. The molecule has 2 N–H and O–H groups in total. The highest BCUT2D eigenvalue weighted by Crippen LogP contribution is 2.25. The van der Waals surface area contributed by atoms with Crippen molar-refractivity contribution in [1.29, 1.82) is 0 Å². The number of rotatable bonds is 7. The molecule has 0 saturated carbocycles. The number of aryl methyl sites for hydroxylation is 1. The summed E-state index contributed by atoms with van der Waals surface area (Å²) in [6.45, 7) is 4.67. The Bertz CT molecular complexity index is 442. The molecule has 4 heteroatoms. The fourth-order valence-electron chi connectivity index (χ4n) is 1.57. The van der Waals surface area contributed by atoms with Gasteiger partial charge in [0.1, 0.15) is 18.5 Å². The first-order valence-corrected chi connectivity index (χ1v) is 7.12. The van der Waals surface area contributed by atoms with Gasteiger partial charge in [0.15, 0.2) is 0 Å². The van der Waals surface area contributed by atoms with Gasteiger partial charge in [-0.2, -0.15) is 0 Å². The zero-order chi connectivity index (χ0) is 14.3. The summed E-state index contributed by atoms with van der Waals surface area (Å²) in [6, 6.07) is 5.83. The molecule has 0 spiro atoms. The molecule has 19 heavy (non-hydrogen) atoms. The molecule has 2 atom stereocenters. The molecule has 1 aromatic carbocycles. The van der Waals surface area contributed by atoms with Crippen molar-refractivity contribution in [3.05, 3.63) is 28.2 Å². The smallest absolute Gasteiger partial charge is 0.133 e. The molecule has 0 aliphatic heterocycles. The van der Waals surface area contributed by atoms with Gasteiger partial charge in [0, 0.05) is 6.54 Å². The first-order chi connectivity index (χ1) is 9.06. The molecule has 0 amide bonds. The number of nitrogens with one attached hydrogen (secondary N) is 1. The fourth-order valence-corrected chi connectivity index (χ4v) is 2.17. The van der Waals surface area contributed by atoms with E-state index in [-0.39, 0.29) is 12.6 Å². The summed E-state index contributed by atoms with van der Waals surface area (Å²) in [5, 5.41) is 12.9. The van der Waals surface area contributed by atoms with Crippen LogP contribution in [0.3, 0.4) is 0 Å². The summed E-state index contributed by atoms with van der Waals surface area (Å²) < 4.78 is 6.46. The summed E-state index contributed by atoms with van der Waals surface area (Å²) in [5.41, 5.74) is 1.15. The summed E-state index contributed by atoms with van der Waals surface area (Å²) in [6.07, 6.45) is 5.59. The van der Waals surface area contributed by atoms with Crippen LogP contribution >= 0.6 is 15.9 Å². The Kier molecular flexibility index (Phi) is 6.93. The number of halogens is 1. The molecule has 0 heterocycles. The maximum Gasteiger partial charge on any atom is 0.133 e. The van der Waals surface area contributed by atoms with E-state index in [0.717, 1.165) is 22.2 Å². The van der Waals surface area contributed by atoms with Crippen LogP contribution < -0.4 is 10.1 Å². The molecule has 0 fully saturated rings. The molecule has 0 saturated heterocycles. The number of benzene rings is 1. The van der Waals surface area contributed by atoms with Gasteiger partial charge in [-0.1, -0.05) is 18.9 Å². The molecule has 3 nitrogen and oxygen atoms in total. The maximum atomic E-state index is 9.82. The van der Waals surface area contributed by atoms with Crippen LogP contribution in [0.2, 0.25) is 0 Å². The highest BCUT2D eigenvalue weighted by atomic mass is 79.9. The van der Waals surface area contributed by atoms with Crippen molar-refractivity contribution in [3.8, 4) is 18.1 Å². The third-order valence-corrected chi connectivity index (χ3v) is 3.35. The average Bonchev–Trinajstić information content (AvgIpc) is 2.39. The Labute approximate surface area is 123 Å². The van der Waals surface area contributed by atoms with E-state index < -0.39 is 6.10 Å². The van der Waals surface area contributed by atoms with E-state index >= 15 is 0 Å². The SMILES string of the molecule is C#CC(CC)NCC(O)COc1ccc(C)cc1Br. The summed E-state index contributed by atoms with van der Waals surface area (Å²) in [7, 11) is 0. The van der Waals surface area contributed by atoms with Crippen molar-refractivity contribution in [2.24, 2.45) is 0 Å². The number of terminal acetylenes is 1. The Morgan fingerprint density at radius 3 is 2.84 bits per heavy atom. The zero-order valence-electron chi connectivity index (χ0n) is 11.3. The van der Waals surface area contributed by atoms with Gasteiger partial charge in [0.2, 0.25) is 0 Å². The molecule has 0 radical (unpaired) electrons. The van der Waals surface area contributed by atoms with Gasteiger partial charge in [-0.25, -0.2) is 0 Å². The van der Waals surface area contributed by atoms with E-state index in [2.05, 4.69) is 27.2 Å². The van der Waals surface area contributed by atoms with Gasteiger partial charge >= 0.3 is 0 Å². The molecule has 0 aliphatic carbocycles. The minimum atomic E-state index is -0.587. The van der Waals surface area contributed by atoms with Gasteiger partial charge < -0.3 is 15.2 Å². The lowest BCUT2D eigenvalue weighted by Crippen LogP contribution is -2.37.